The van der Waals surface area contributed by atoms with Gasteiger partial charge in [-0.1, -0.05) is 30.3 Å². The molecule has 4 amide bonds. The first-order valence-electron chi connectivity index (χ1n) is 13.0. The molecule has 9 nitrogen and oxygen atoms in total. The van der Waals surface area contributed by atoms with Gasteiger partial charge in [-0.3, -0.25) is 24.1 Å². The van der Waals surface area contributed by atoms with Crippen molar-refractivity contribution in [3.05, 3.63) is 83.9 Å². The summed E-state index contributed by atoms with van der Waals surface area (Å²) in [4.78, 5) is 53.4. The molecule has 1 N–H and O–H groups in total. The van der Waals surface area contributed by atoms with Crippen molar-refractivity contribution < 1.29 is 28.7 Å². The maximum atomic E-state index is 12.9. The number of carbonyl (C=O) groups excluding carboxylic acids is 4. The molecule has 3 aromatic carbocycles. The van der Waals surface area contributed by atoms with Gasteiger partial charge in [0, 0.05) is 25.2 Å². The van der Waals surface area contributed by atoms with Crippen LogP contribution in [0.1, 0.15) is 46.9 Å². The molecular weight excluding hydrogens is 498 g/mol. The van der Waals surface area contributed by atoms with Gasteiger partial charge in [-0.05, 0) is 62.2 Å². The van der Waals surface area contributed by atoms with E-state index in [0.717, 1.165) is 5.75 Å². The van der Waals surface area contributed by atoms with Gasteiger partial charge in [-0.25, -0.2) is 0 Å². The summed E-state index contributed by atoms with van der Waals surface area (Å²) < 4.78 is 11.5. The second-order valence-corrected chi connectivity index (χ2v) is 9.41. The third-order valence-corrected chi connectivity index (χ3v) is 6.65. The van der Waals surface area contributed by atoms with Crippen LogP contribution in [0.4, 0.5) is 11.4 Å². The normalized spacial score (nSPS) is 16.0. The van der Waals surface area contributed by atoms with Crippen LogP contribution in [-0.2, 0) is 9.59 Å². The molecule has 0 radical (unpaired) electrons. The van der Waals surface area contributed by atoms with E-state index >= 15 is 0 Å². The summed E-state index contributed by atoms with van der Waals surface area (Å²) in [5.74, 6) is 0.248. The summed E-state index contributed by atoms with van der Waals surface area (Å²) in [6.07, 6.45) is 0.447. The number of carbonyl (C=O) groups is 4. The predicted molar refractivity (Wildman–Crippen MR) is 145 cm³/mol. The van der Waals surface area contributed by atoms with E-state index in [1.807, 2.05) is 30.3 Å². The van der Waals surface area contributed by atoms with Crippen LogP contribution >= 0.6 is 0 Å². The number of nitrogens with one attached hydrogen (secondary N) is 1. The first-order chi connectivity index (χ1) is 18.9. The van der Waals surface area contributed by atoms with Crippen molar-refractivity contribution in [3.63, 3.8) is 0 Å². The number of anilines is 2. The fraction of sp³-hybridized carbons (Fsp3) is 0.267. The number of rotatable bonds is 10. The molecule has 1 atom stereocenters. The summed E-state index contributed by atoms with van der Waals surface area (Å²) in [6, 6.07) is 21.4. The Morgan fingerprint density at radius 2 is 1.54 bits per heavy atom. The second-order valence-electron chi connectivity index (χ2n) is 9.41. The van der Waals surface area contributed by atoms with Crippen LogP contribution in [0.5, 0.6) is 11.5 Å². The Hall–Kier alpha value is -4.66. The lowest BCUT2D eigenvalue weighted by atomic mass is 10.1. The first-order valence-corrected chi connectivity index (χ1v) is 13.0. The molecular formula is C30H29N3O6. The highest BCUT2D eigenvalue weighted by atomic mass is 16.5. The lowest BCUT2D eigenvalue weighted by Crippen LogP contribution is -2.45. The Morgan fingerprint density at radius 3 is 2.26 bits per heavy atom. The second kappa shape index (κ2) is 11.4. The van der Waals surface area contributed by atoms with Gasteiger partial charge in [0.1, 0.15) is 11.5 Å². The highest BCUT2D eigenvalue weighted by Gasteiger charge is 2.35. The van der Waals surface area contributed by atoms with E-state index in [9.17, 15) is 19.2 Å². The average molecular weight is 528 g/mol. The largest absolute Gasteiger partial charge is 0.494 e. The number of benzene rings is 3. The number of para-hydroxylation sites is 1. The number of hydrogen-bond donors (Lipinski definition) is 1. The Bertz CT molecular complexity index is 1370. The standard InChI is InChI=1S/C30H29N3O6/c1-20-28(35)32(17-8-18-38-22-9-3-2-4-10-22)25-19-21(14-15-26(25)39-20)31-27(34)13-7-16-33-29(36)23-11-5-6-12-24(23)30(33)37/h2-6,9-12,14-15,19-20H,7-8,13,16-18H2,1H3,(H,31,34). The maximum absolute atomic E-state index is 12.9. The van der Waals surface area contributed by atoms with E-state index in [1.165, 1.54) is 4.90 Å². The van der Waals surface area contributed by atoms with Crippen molar-refractivity contribution in [1.82, 2.24) is 4.90 Å². The van der Waals surface area contributed by atoms with Crippen molar-refractivity contribution in [3.8, 4) is 11.5 Å². The zero-order chi connectivity index (χ0) is 27.4. The fourth-order valence-corrected chi connectivity index (χ4v) is 4.71. The van der Waals surface area contributed by atoms with Gasteiger partial charge in [0.2, 0.25) is 5.91 Å². The van der Waals surface area contributed by atoms with Crippen LogP contribution in [-0.4, -0.2) is 54.3 Å². The first kappa shape index (κ1) is 26.0. The number of fused-ring (bicyclic) bond motifs is 2. The molecule has 0 bridgehead atoms. The number of nitrogens with zero attached hydrogens (tertiary/aromatic N) is 2. The lowest BCUT2D eigenvalue weighted by Gasteiger charge is -2.33. The third kappa shape index (κ3) is 5.62. The molecule has 1 unspecified atom stereocenters. The molecule has 200 valence electrons. The van der Waals surface area contributed by atoms with Crippen LogP contribution in [0.25, 0.3) is 0 Å². The molecule has 0 fully saturated rings. The highest BCUT2D eigenvalue weighted by Crippen LogP contribution is 2.36. The predicted octanol–water partition coefficient (Wildman–Crippen LogP) is 4.28. The summed E-state index contributed by atoms with van der Waals surface area (Å²) in [5, 5.41) is 2.85. The molecule has 5 rings (SSSR count). The minimum Gasteiger partial charge on any atom is -0.494 e. The van der Waals surface area contributed by atoms with Gasteiger partial charge in [0.15, 0.2) is 6.10 Å². The minimum absolute atomic E-state index is 0.123. The van der Waals surface area contributed by atoms with Crippen LogP contribution in [0, 0.1) is 0 Å². The smallest absolute Gasteiger partial charge is 0.267 e. The van der Waals surface area contributed by atoms with Crippen LogP contribution in [0.3, 0.4) is 0 Å². The summed E-state index contributed by atoms with van der Waals surface area (Å²) in [5.41, 5.74) is 1.89. The van der Waals surface area contributed by atoms with E-state index in [1.54, 1.807) is 54.3 Å². The highest BCUT2D eigenvalue weighted by molar-refractivity contribution is 6.21. The summed E-state index contributed by atoms with van der Waals surface area (Å²) in [7, 11) is 0. The molecule has 0 aliphatic carbocycles. The van der Waals surface area contributed by atoms with E-state index in [2.05, 4.69) is 5.32 Å². The van der Waals surface area contributed by atoms with Gasteiger partial charge in [0.25, 0.3) is 17.7 Å². The van der Waals surface area contributed by atoms with Crippen molar-refractivity contribution in [1.29, 1.82) is 0 Å². The molecule has 3 aromatic rings. The van der Waals surface area contributed by atoms with E-state index in [-0.39, 0.29) is 36.6 Å². The Kier molecular flexibility index (Phi) is 7.58. The minimum atomic E-state index is -0.616. The van der Waals surface area contributed by atoms with Gasteiger partial charge in [-0.2, -0.15) is 0 Å². The van der Waals surface area contributed by atoms with Crippen LogP contribution in [0.15, 0.2) is 72.8 Å². The number of hydrogen-bond acceptors (Lipinski definition) is 6. The van der Waals surface area contributed by atoms with Crippen LogP contribution in [0.2, 0.25) is 0 Å². The zero-order valence-corrected chi connectivity index (χ0v) is 21.6. The monoisotopic (exact) mass is 527 g/mol. The Balaban J connectivity index is 1.16. The molecule has 9 heteroatoms. The van der Waals surface area contributed by atoms with E-state index in [4.69, 9.17) is 9.47 Å². The molecule has 0 spiro atoms. The zero-order valence-electron chi connectivity index (χ0n) is 21.6. The summed E-state index contributed by atoms with van der Waals surface area (Å²) in [6.45, 7) is 2.75. The van der Waals surface area contributed by atoms with E-state index in [0.29, 0.717) is 54.2 Å². The molecule has 0 aromatic heterocycles. The number of ether oxygens (including phenoxy) is 2. The topological polar surface area (TPSA) is 105 Å². The Labute approximate surface area is 226 Å². The average Bonchev–Trinajstić information content (AvgIpc) is 3.18. The molecule has 0 saturated carbocycles. The van der Waals surface area contributed by atoms with Crippen molar-refractivity contribution >= 4 is 35.0 Å². The maximum Gasteiger partial charge on any atom is 0.267 e. The molecule has 2 heterocycles. The van der Waals surface area contributed by atoms with Gasteiger partial charge in [-0.15, -0.1) is 0 Å². The quantitative estimate of drug-likeness (QED) is 0.312. The molecule has 2 aliphatic heterocycles. The Morgan fingerprint density at radius 1 is 0.872 bits per heavy atom. The third-order valence-electron chi connectivity index (χ3n) is 6.65. The van der Waals surface area contributed by atoms with Crippen LogP contribution < -0.4 is 19.7 Å². The SMILES string of the molecule is CC1Oc2ccc(NC(=O)CCCN3C(=O)c4ccccc4C3=O)cc2N(CCCOc2ccccc2)C1=O. The van der Waals surface area contributed by atoms with E-state index < -0.39 is 6.10 Å². The van der Waals surface area contributed by atoms with Crippen molar-refractivity contribution in [2.75, 3.05) is 29.9 Å². The van der Waals surface area contributed by atoms with Gasteiger partial charge < -0.3 is 19.7 Å². The molecule has 0 saturated heterocycles. The summed E-state index contributed by atoms with van der Waals surface area (Å²) >= 11 is 0. The van der Waals surface area contributed by atoms with Gasteiger partial charge in [0.05, 0.1) is 23.4 Å². The molecule has 39 heavy (non-hydrogen) atoms. The van der Waals surface area contributed by atoms with Gasteiger partial charge >= 0.3 is 0 Å². The number of imide groups is 1. The lowest BCUT2D eigenvalue weighted by molar-refractivity contribution is -0.125. The fourth-order valence-electron chi connectivity index (χ4n) is 4.71. The van der Waals surface area contributed by atoms with Crippen molar-refractivity contribution in [2.24, 2.45) is 0 Å². The molecule has 2 aliphatic rings. The van der Waals surface area contributed by atoms with Crippen molar-refractivity contribution in [2.45, 2.75) is 32.3 Å². The number of amides is 4.